The van der Waals surface area contributed by atoms with Crippen LogP contribution in [0, 0.1) is 0 Å². The van der Waals surface area contributed by atoms with E-state index in [-0.39, 0.29) is 22.9 Å². The van der Waals surface area contributed by atoms with Gasteiger partial charge in [0.15, 0.2) is 0 Å². The Balaban J connectivity index is 1.95. The number of fused-ring (bicyclic) bond motifs is 1. The minimum Gasteiger partial charge on any atom is -0.510 e. The second-order valence-corrected chi connectivity index (χ2v) is 5.73. The number of para-hydroxylation sites is 2. The van der Waals surface area contributed by atoms with E-state index in [1.807, 2.05) is 18.2 Å². The Hall–Kier alpha value is -2.88. The minimum atomic E-state index is -0.678. The third kappa shape index (κ3) is 3.08. The van der Waals surface area contributed by atoms with Crippen molar-refractivity contribution in [3.8, 4) is 0 Å². The summed E-state index contributed by atoms with van der Waals surface area (Å²) < 4.78 is 6.24. The molecule has 0 amide bonds. The first-order valence-corrected chi connectivity index (χ1v) is 7.89. The van der Waals surface area contributed by atoms with E-state index < -0.39 is 5.97 Å². The molecule has 0 bridgehead atoms. The van der Waals surface area contributed by atoms with E-state index in [1.165, 1.54) is 23.6 Å². The number of aromatic amines is 1. The van der Waals surface area contributed by atoms with Gasteiger partial charge < -0.3 is 14.8 Å². The van der Waals surface area contributed by atoms with Gasteiger partial charge in [-0.2, -0.15) is 0 Å². The number of methoxy groups -OCH3 is 1. The van der Waals surface area contributed by atoms with Crippen LogP contribution in [0.15, 0.2) is 35.2 Å². The Bertz CT molecular complexity index is 883. The Morgan fingerprint density at radius 2 is 2.21 bits per heavy atom. The first-order chi connectivity index (χ1) is 11.6. The summed E-state index contributed by atoms with van der Waals surface area (Å²) in [6, 6.07) is 7.33. The maximum absolute atomic E-state index is 12.1. The largest absolute Gasteiger partial charge is 0.510 e. The number of aliphatic hydroxyl groups is 1. The van der Waals surface area contributed by atoms with Crippen molar-refractivity contribution in [1.82, 2.24) is 30.2 Å². The first kappa shape index (κ1) is 16.0. The number of aryl methyl sites for hydroxylation is 1. The fourth-order valence-electron chi connectivity index (χ4n) is 2.07. The van der Waals surface area contributed by atoms with Gasteiger partial charge in [-0.1, -0.05) is 23.9 Å². The molecular formula is C14H14N6O3S. The molecule has 2 heterocycles. The summed E-state index contributed by atoms with van der Waals surface area (Å²) in [6.07, 6.45) is 0. The zero-order chi connectivity index (χ0) is 17.1. The molecule has 0 atom stereocenters. The van der Waals surface area contributed by atoms with Gasteiger partial charge in [-0.25, -0.2) is 14.5 Å². The monoisotopic (exact) mass is 346 g/mol. The van der Waals surface area contributed by atoms with Gasteiger partial charge >= 0.3 is 5.97 Å². The van der Waals surface area contributed by atoms with Gasteiger partial charge in [-0.05, 0) is 22.6 Å². The number of imidazole rings is 1. The molecule has 10 heteroatoms. The molecule has 0 fully saturated rings. The average molecular weight is 346 g/mol. The highest BCUT2D eigenvalue weighted by atomic mass is 32.2. The summed E-state index contributed by atoms with van der Waals surface area (Å²) in [4.78, 5) is 19.5. The number of nitrogens with one attached hydrogen (secondary N) is 1. The number of H-pyrrole nitrogens is 1. The molecule has 2 aromatic heterocycles. The number of hydrogen-bond donors (Lipinski definition) is 2. The van der Waals surface area contributed by atoms with Gasteiger partial charge in [-0.15, -0.1) is 5.10 Å². The molecular weight excluding hydrogens is 332 g/mol. The van der Waals surface area contributed by atoms with Crippen LogP contribution in [0.25, 0.3) is 16.6 Å². The van der Waals surface area contributed by atoms with Gasteiger partial charge in [0.05, 0.1) is 23.9 Å². The quantitative estimate of drug-likeness (QED) is 0.307. The fraction of sp³-hybridized carbons (Fsp3) is 0.214. The maximum atomic E-state index is 12.1. The summed E-state index contributed by atoms with van der Waals surface area (Å²) in [5.74, 6) is -0.509. The number of thioether (sulfide) groups is 1. The van der Waals surface area contributed by atoms with E-state index in [4.69, 9.17) is 4.74 Å². The molecule has 3 aromatic rings. The summed E-state index contributed by atoms with van der Waals surface area (Å²) in [6.45, 7) is 0. The highest BCUT2D eigenvalue weighted by Gasteiger charge is 2.22. The van der Waals surface area contributed by atoms with E-state index in [0.29, 0.717) is 10.7 Å². The molecule has 1 aromatic carbocycles. The molecule has 0 spiro atoms. The van der Waals surface area contributed by atoms with Crippen molar-refractivity contribution in [2.24, 2.45) is 7.05 Å². The Labute approximate surface area is 140 Å². The van der Waals surface area contributed by atoms with E-state index in [2.05, 4.69) is 25.5 Å². The summed E-state index contributed by atoms with van der Waals surface area (Å²) in [7, 11) is 2.93. The van der Waals surface area contributed by atoms with Crippen molar-refractivity contribution in [1.29, 1.82) is 0 Å². The van der Waals surface area contributed by atoms with E-state index >= 15 is 0 Å². The second-order valence-electron chi connectivity index (χ2n) is 4.79. The molecule has 0 saturated carbocycles. The number of ether oxygens (including phenoxy) is 1. The van der Waals surface area contributed by atoms with Gasteiger partial charge in [-0.3, -0.25) is 0 Å². The molecule has 0 unspecified atom stereocenters. The highest BCUT2D eigenvalue weighted by Crippen LogP contribution is 2.24. The van der Waals surface area contributed by atoms with E-state index in [0.717, 1.165) is 5.52 Å². The van der Waals surface area contributed by atoms with Crippen LogP contribution in [-0.2, 0) is 16.6 Å². The van der Waals surface area contributed by atoms with Crippen LogP contribution in [-0.4, -0.2) is 54.1 Å². The topological polar surface area (TPSA) is 119 Å². The van der Waals surface area contributed by atoms with Crippen molar-refractivity contribution in [2.75, 3.05) is 12.9 Å². The number of benzene rings is 1. The number of carbonyl (C=O) groups is 1. The number of esters is 1. The second kappa shape index (κ2) is 6.71. The van der Waals surface area contributed by atoms with Gasteiger partial charge in [0.2, 0.25) is 5.16 Å². The molecule has 0 aliphatic heterocycles. The number of aliphatic hydroxyl groups excluding tert-OH is 1. The Morgan fingerprint density at radius 1 is 1.42 bits per heavy atom. The molecule has 2 N–H and O–H groups in total. The molecule has 9 nitrogen and oxygen atoms in total. The van der Waals surface area contributed by atoms with Gasteiger partial charge in [0, 0.05) is 7.05 Å². The lowest BCUT2D eigenvalue weighted by atomic mass is 10.2. The normalized spacial score (nSPS) is 12.2. The molecule has 0 radical (unpaired) electrons. The number of nitrogens with zero attached hydrogens (tertiary/aromatic N) is 5. The van der Waals surface area contributed by atoms with Crippen molar-refractivity contribution < 1.29 is 14.6 Å². The summed E-state index contributed by atoms with van der Waals surface area (Å²) in [5.41, 5.74) is 1.43. The van der Waals surface area contributed by atoms with Crippen LogP contribution in [0.1, 0.15) is 5.82 Å². The molecule has 24 heavy (non-hydrogen) atoms. The molecule has 124 valence electrons. The number of rotatable bonds is 5. The smallest absolute Gasteiger partial charge is 0.345 e. The molecule has 0 aliphatic carbocycles. The summed E-state index contributed by atoms with van der Waals surface area (Å²) >= 11 is 1.19. The molecule has 0 aliphatic rings. The highest BCUT2D eigenvalue weighted by molar-refractivity contribution is 7.99. The number of aromatic nitrogens is 6. The Morgan fingerprint density at radius 3 is 2.88 bits per heavy atom. The lowest BCUT2D eigenvalue weighted by molar-refractivity contribution is -0.133. The van der Waals surface area contributed by atoms with Gasteiger partial charge in [0.1, 0.15) is 17.2 Å². The number of carbonyl (C=O) groups excluding carboxylic acids is 1. The molecule has 3 rings (SSSR count). The van der Waals surface area contributed by atoms with Crippen LogP contribution < -0.4 is 0 Å². The van der Waals surface area contributed by atoms with Crippen molar-refractivity contribution in [3.63, 3.8) is 0 Å². The van der Waals surface area contributed by atoms with Crippen molar-refractivity contribution in [2.45, 2.75) is 5.16 Å². The van der Waals surface area contributed by atoms with Crippen molar-refractivity contribution >= 4 is 34.3 Å². The number of tetrazole rings is 1. The average Bonchev–Trinajstić information content (AvgIpc) is 3.18. The zero-order valence-corrected chi connectivity index (χ0v) is 13.7. The predicted molar refractivity (Wildman–Crippen MR) is 87.2 cm³/mol. The van der Waals surface area contributed by atoms with Crippen LogP contribution in [0.5, 0.6) is 0 Å². The van der Waals surface area contributed by atoms with Crippen LogP contribution >= 0.6 is 11.8 Å². The third-order valence-electron chi connectivity index (χ3n) is 3.22. The molecule has 0 saturated heterocycles. The lowest BCUT2D eigenvalue weighted by Crippen LogP contribution is -2.10. The van der Waals surface area contributed by atoms with Crippen LogP contribution in [0.2, 0.25) is 0 Å². The number of hydrogen-bond acceptors (Lipinski definition) is 8. The Kier molecular flexibility index (Phi) is 4.47. The van der Waals surface area contributed by atoms with Crippen molar-refractivity contribution in [3.05, 3.63) is 35.8 Å². The summed E-state index contributed by atoms with van der Waals surface area (Å²) in [5, 5.41) is 21.9. The SMILES string of the molecule is COC(=O)/C(=C(/O)CSc1nnnn1C)c1nc2ccccc2[nH]1. The third-order valence-corrected chi connectivity index (χ3v) is 4.25. The first-order valence-electron chi connectivity index (χ1n) is 6.91. The maximum Gasteiger partial charge on any atom is 0.345 e. The minimum absolute atomic E-state index is 0.0173. The lowest BCUT2D eigenvalue weighted by Gasteiger charge is -2.06. The van der Waals surface area contributed by atoms with E-state index in [1.54, 1.807) is 13.1 Å². The fourth-order valence-corrected chi connectivity index (χ4v) is 2.80. The zero-order valence-electron chi connectivity index (χ0n) is 12.9. The van der Waals surface area contributed by atoms with E-state index in [9.17, 15) is 9.90 Å². The predicted octanol–water partition coefficient (Wildman–Crippen LogP) is 1.32. The van der Waals surface area contributed by atoms with Crippen LogP contribution in [0.3, 0.4) is 0 Å². The standard InChI is InChI=1S/C14H14N6O3S/c1-20-14(17-18-19-20)24-7-10(21)11(13(22)23-2)12-15-8-5-3-4-6-9(8)16-12/h3-6,21H,7H2,1-2H3,(H,15,16)/b11-10+. The van der Waals surface area contributed by atoms with Gasteiger partial charge in [0.25, 0.3) is 0 Å². The van der Waals surface area contributed by atoms with Crippen LogP contribution in [0.4, 0.5) is 0 Å².